The number of pyridine rings is 1. The number of nitrogens with zero attached hydrogens (tertiary/aromatic N) is 4. The molecule has 152 valence electrons. The molecule has 5 nitrogen and oxygen atoms in total. The van der Waals surface area contributed by atoms with Gasteiger partial charge in [-0.05, 0) is 51.2 Å². The van der Waals surface area contributed by atoms with E-state index in [4.69, 9.17) is 4.98 Å². The molecule has 3 rings (SSSR count). The molecule has 1 N–H and O–H groups in total. The number of hydrogen-bond acceptors (Lipinski definition) is 6. The van der Waals surface area contributed by atoms with Gasteiger partial charge in [-0.2, -0.15) is 0 Å². The van der Waals surface area contributed by atoms with Gasteiger partial charge in [0.15, 0.2) is 5.13 Å². The van der Waals surface area contributed by atoms with Gasteiger partial charge >= 0.3 is 0 Å². The summed E-state index contributed by atoms with van der Waals surface area (Å²) in [4.78, 5) is 13.9. The molecule has 0 saturated heterocycles. The molecule has 0 atom stereocenters. The van der Waals surface area contributed by atoms with Crippen molar-refractivity contribution in [3.8, 4) is 11.1 Å². The molecule has 6 heteroatoms. The van der Waals surface area contributed by atoms with Crippen molar-refractivity contribution in [2.75, 3.05) is 43.9 Å². The Hall–Kier alpha value is -2.70. The van der Waals surface area contributed by atoms with Crippen molar-refractivity contribution in [2.45, 2.75) is 13.8 Å². The Labute approximate surface area is 177 Å². The number of likely N-dealkylation sites (N-methyl/N-ethyl adjacent to an activating group) is 2. The van der Waals surface area contributed by atoms with Crippen LogP contribution in [-0.4, -0.2) is 48.6 Å². The normalized spacial score (nSPS) is 11.7. The number of nitrogens with one attached hydrogen (secondary N) is 1. The lowest BCUT2D eigenvalue weighted by molar-refractivity contribution is 0.414. The first-order valence-corrected chi connectivity index (χ1v) is 10.7. The van der Waals surface area contributed by atoms with Crippen LogP contribution in [0.5, 0.6) is 0 Å². The Morgan fingerprint density at radius 2 is 1.86 bits per heavy atom. The number of benzene rings is 1. The fraction of sp³-hybridized carbons (Fsp3) is 0.304. The molecule has 0 aliphatic carbocycles. The Kier molecular flexibility index (Phi) is 7.38. The molecule has 1 aromatic carbocycles. The number of anilines is 2. The maximum absolute atomic E-state index is 4.82. The zero-order valence-corrected chi connectivity index (χ0v) is 18.4. The maximum Gasteiger partial charge on any atom is 0.185 e. The van der Waals surface area contributed by atoms with Crippen molar-refractivity contribution < 1.29 is 0 Å². The van der Waals surface area contributed by atoms with E-state index in [1.54, 1.807) is 11.3 Å². The summed E-state index contributed by atoms with van der Waals surface area (Å²) in [6.07, 6.45) is 3.87. The van der Waals surface area contributed by atoms with Crippen LogP contribution >= 0.6 is 11.3 Å². The molecule has 0 spiro atoms. The number of rotatable bonds is 9. The summed E-state index contributed by atoms with van der Waals surface area (Å²) in [7, 11) is 4.19. The van der Waals surface area contributed by atoms with Crippen LogP contribution < -0.4 is 10.2 Å². The minimum Gasteiger partial charge on any atom is -0.347 e. The SMILES string of the molecule is CCN(CCN(C)C)c1nc(/C(C)=C/Nc2ccc(-c3ccccc3)cn2)cs1. The van der Waals surface area contributed by atoms with Gasteiger partial charge in [-0.15, -0.1) is 11.3 Å². The van der Waals surface area contributed by atoms with E-state index in [0.717, 1.165) is 47.4 Å². The van der Waals surface area contributed by atoms with Gasteiger partial charge in [0.05, 0.1) is 5.69 Å². The number of aromatic nitrogens is 2. The molecule has 0 bridgehead atoms. The highest BCUT2D eigenvalue weighted by Gasteiger charge is 2.10. The third-order valence-corrected chi connectivity index (χ3v) is 5.57. The summed E-state index contributed by atoms with van der Waals surface area (Å²) in [6.45, 7) is 7.20. The summed E-state index contributed by atoms with van der Waals surface area (Å²) < 4.78 is 0. The van der Waals surface area contributed by atoms with Gasteiger partial charge < -0.3 is 15.1 Å². The van der Waals surface area contributed by atoms with E-state index in [1.807, 2.05) is 36.7 Å². The summed E-state index contributed by atoms with van der Waals surface area (Å²) in [5, 5.41) is 6.48. The lowest BCUT2D eigenvalue weighted by atomic mass is 10.1. The molecule has 2 aromatic heterocycles. The molecule has 3 aromatic rings. The smallest absolute Gasteiger partial charge is 0.185 e. The average Bonchev–Trinajstić information content (AvgIpc) is 3.23. The van der Waals surface area contributed by atoms with E-state index in [9.17, 15) is 0 Å². The average molecular weight is 408 g/mol. The quantitative estimate of drug-likeness (QED) is 0.537. The standard InChI is InChI=1S/C23H29N5S/c1-5-28(14-13-27(3)4)23-26-21(17-29-23)18(2)15-24-22-12-11-20(16-25-22)19-9-7-6-8-10-19/h6-12,15-17H,5,13-14H2,1-4H3,(H,24,25)/b18-15+. The maximum atomic E-state index is 4.82. The van der Waals surface area contributed by atoms with E-state index in [1.165, 1.54) is 5.56 Å². The van der Waals surface area contributed by atoms with Gasteiger partial charge in [0, 0.05) is 43.0 Å². The van der Waals surface area contributed by atoms with Crippen molar-refractivity contribution in [2.24, 2.45) is 0 Å². The van der Waals surface area contributed by atoms with Gasteiger partial charge in [0.25, 0.3) is 0 Å². The molecular formula is C23H29N5S. The number of allylic oxidation sites excluding steroid dienone is 1. The molecule has 0 aliphatic heterocycles. The Balaban J connectivity index is 1.63. The van der Waals surface area contributed by atoms with Gasteiger partial charge in [-0.3, -0.25) is 0 Å². The predicted molar refractivity (Wildman–Crippen MR) is 126 cm³/mol. The first kappa shape index (κ1) is 21.0. The third kappa shape index (κ3) is 5.89. The highest BCUT2D eigenvalue weighted by molar-refractivity contribution is 7.13. The lowest BCUT2D eigenvalue weighted by Gasteiger charge is -2.21. The topological polar surface area (TPSA) is 44.3 Å². The van der Waals surface area contributed by atoms with E-state index in [0.29, 0.717) is 0 Å². The lowest BCUT2D eigenvalue weighted by Crippen LogP contribution is -2.31. The van der Waals surface area contributed by atoms with E-state index in [-0.39, 0.29) is 0 Å². The fourth-order valence-corrected chi connectivity index (χ4v) is 3.81. The Morgan fingerprint density at radius 3 is 2.52 bits per heavy atom. The number of hydrogen-bond donors (Lipinski definition) is 1. The zero-order valence-electron chi connectivity index (χ0n) is 17.6. The first-order valence-electron chi connectivity index (χ1n) is 9.87. The minimum absolute atomic E-state index is 0.820. The summed E-state index contributed by atoms with van der Waals surface area (Å²) in [5.41, 5.74) is 4.37. The summed E-state index contributed by atoms with van der Waals surface area (Å²) in [5.74, 6) is 0.820. The van der Waals surface area contributed by atoms with E-state index >= 15 is 0 Å². The number of thiazole rings is 1. The first-order chi connectivity index (χ1) is 14.1. The molecule has 0 fully saturated rings. The van der Waals surface area contributed by atoms with Gasteiger partial charge in [0.1, 0.15) is 5.82 Å². The van der Waals surface area contributed by atoms with Crippen LogP contribution in [-0.2, 0) is 0 Å². The monoisotopic (exact) mass is 407 g/mol. The second-order valence-electron chi connectivity index (χ2n) is 7.17. The van der Waals surface area contributed by atoms with Crippen LogP contribution in [0.25, 0.3) is 16.7 Å². The van der Waals surface area contributed by atoms with Crippen LogP contribution in [0.15, 0.2) is 60.2 Å². The second-order valence-corrected chi connectivity index (χ2v) is 8.00. The van der Waals surface area contributed by atoms with Crippen molar-refractivity contribution in [1.82, 2.24) is 14.9 Å². The van der Waals surface area contributed by atoms with Crippen LogP contribution in [0.1, 0.15) is 19.5 Å². The van der Waals surface area contributed by atoms with Crippen LogP contribution in [0.4, 0.5) is 10.9 Å². The third-order valence-electron chi connectivity index (χ3n) is 4.67. The van der Waals surface area contributed by atoms with E-state index < -0.39 is 0 Å². The van der Waals surface area contributed by atoms with Crippen LogP contribution in [0.3, 0.4) is 0 Å². The van der Waals surface area contributed by atoms with Crippen molar-refractivity contribution in [3.05, 3.63) is 65.9 Å². The molecule has 29 heavy (non-hydrogen) atoms. The Bertz CT molecular complexity index is 916. The van der Waals surface area contributed by atoms with Gasteiger partial charge in [-0.1, -0.05) is 30.3 Å². The molecule has 0 unspecified atom stereocenters. The summed E-state index contributed by atoms with van der Waals surface area (Å²) in [6, 6.07) is 14.4. The molecule has 0 saturated carbocycles. The second kappa shape index (κ2) is 10.2. The Morgan fingerprint density at radius 1 is 1.07 bits per heavy atom. The minimum atomic E-state index is 0.820. The van der Waals surface area contributed by atoms with Crippen LogP contribution in [0, 0.1) is 0 Å². The van der Waals surface area contributed by atoms with Crippen molar-refractivity contribution >= 4 is 27.9 Å². The molecule has 0 amide bonds. The van der Waals surface area contributed by atoms with Gasteiger partial charge in [0.2, 0.25) is 0 Å². The van der Waals surface area contributed by atoms with Crippen molar-refractivity contribution in [1.29, 1.82) is 0 Å². The largest absolute Gasteiger partial charge is 0.347 e. The van der Waals surface area contributed by atoms with Crippen LogP contribution in [0.2, 0.25) is 0 Å². The molecule has 0 radical (unpaired) electrons. The van der Waals surface area contributed by atoms with Crippen molar-refractivity contribution in [3.63, 3.8) is 0 Å². The molecular weight excluding hydrogens is 378 g/mol. The highest BCUT2D eigenvalue weighted by atomic mass is 32.1. The predicted octanol–water partition coefficient (Wildman–Crippen LogP) is 5.07. The summed E-state index contributed by atoms with van der Waals surface area (Å²) >= 11 is 1.70. The van der Waals surface area contributed by atoms with Gasteiger partial charge in [-0.25, -0.2) is 9.97 Å². The molecule has 0 aliphatic rings. The highest BCUT2D eigenvalue weighted by Crippen LogP contribution is 2.25. The zero-order chi connectivity index (χ0) is 20.6. The molecule has 2 heterocycles. The van der Waals surface area contributed by atoms with E-state index in [2.05, 4.69) is 71.6 Å². The fourth-order valence-electron chi connectivity index (χ4n) is 2.84.